The maximum Gasteiger partial charge on any atom is 0.275 e. The maximum atomic E-state index is 15.8. The van der Waals surface area contributed by atoms with Gasteiger partial charge in [0.05, 0.1) is 38.4 Å². The minimum absolute atomic E-state index is 0.0428. The molecule has 1 saturated heterocycles. The van der Waals surface area contributed by atoms with Crippen LogP contribution < -0.4 is 20.3 Å². The molecule has 0 bridgehead atoms. The largest absolute Gasteiger partial charge is 0.480 e. The first-order valence-corrected chi connectivity index (χ1v) is 14.1. The third-order valence-corrected chi connectivity index (χ3v) is 8.21. The lowest BCUT2D eigenvalue weighted by molar-refractivity contribution is 0.0975. The number of carbonyl (C=O) groups excluding carboxylic acids is 2. The summed E-state index contributed by atoms with van der Waals surface area (Å²) in [5.74, 6) is -1.24. The molecular weight excluding hydrogens is 578 g/mol. The standard InChI is InChI=1S/C29H24F2N8O3S/c1-42-24-13-32-23(12-33-24)26(41)36-20-7-8-22(31)21(9-20)29-16-39(27-34-10-19(30)11-35-27)14-18(29)15-43-28(38-29)37-25(40)17-5-3-2-4-6-17/h2-13,18H,14-16H2,1H3,(H,36,41)(H,37,38,40)/t18-,29?/m0/s1. The predicted molar refractivity (Wildman–Crippen MR) is 156 cm³/mol. The van der Waals surface area contributed by atoms with Gasteiger partial charge in [0.25, 0.3) is 11.8 Å². The number of fused-ring (bicyclic) bond motifs is 1. The molecule has 2 atom stereocenters. The van der Waals surface area contributed by atoms with Crippen LogP contribution in [0.25, 0.3) is 0 Å². The molecule has 2 aliphatic rings. The van der Waals surface area contributed by atoms with Gasteiger partial charge < -0.3 is 20.3 Å². The number of carbonyl (C=O) groups is 2. The number of nitrogens with zero attached hydrogens (tertiary/aromatic N) is 6. The number of hydrogen-bond donors (Lipinski definition) is 2. The van der Waals surface area contributed by atoms with E-state index in [0.717, 1.165) is 12.4 Å². The molecule has 2 N–H and O–H groups in total. The number of rotatable bonds is 6. The second-order valence-corrected chi connectivity index (χ2v) is 10.9. The number of hydrogen-bond acceptors (Lipinski definition) is 10. The van der Waals surface area contributed by atoms with Crippen LogP contribution in [0.1, 0.15) is 26.4 Å². The van der Waals surface area contributed by atoms with E-state index in [-0.39, 0.29) is 41.5 Å². The summed E-state index contributed by atoms with van der Waals surface area (Å²) in [6, 6.07) is 12.9. The Kier molecular flexibility index (Phi) is 7.67. The van der Waals surface area contributed by atoms with Crippen molar-refractivity contribution in [1.82, 2.24) is 25.3 Å². The molecule has 0 spiro atoms. The van der Waals surface area contributed by atoms with E-state index in [1.54, 1.807) is 24.3 Å². The van der Waals surface area contributed by atoms with Gasteiger partial charge in [0.2, 0.25) is 11.8 Å². The fourth-order valence-corrected chi connectivity index (χ4v) is 6.22. The topological polar surface area (TPSA) is 135 Å². The third-order valence-electron chi connectivity index (χ3n) is 7.18. The molecule has 1 fully saturated rings. The highest BCUT2D eigenvalue weighted by molar-refractivity contribution is 8.13. The van der Waals surface area contributed by atoms with Crippen LogP contribution in [0.2, 0.25) is 0 Å². The lowest BCUT2D eigenvalue weighted by Gasteiger charge is -2.35. The van der Waals surface area contributed by atoms with Crippen LogP contribution in [0.5, 0.6) is 5.88 Å². The Balaban J connectivity index is 1.36. The van der Waals surface area contributed by atoms with Gasteiger partial charge in [0.15, 0.2) is 11.0 Å². The lowest BCUT2D eigenvalue weighted by atomic mass is 9.81. The van der Waals surface area contributed by atoms with Gasteiger partial charge in [-0.2, -0.15) is 0 Å². The van der Waals surface area contributed by atoms with E-state index in [1.807, 2.05) is 11.0 Å². The minimum atomic E-state index is -1.19. The molecule has 1 unspecified atom stereocenters. The number of methoxy groups -OCH3 is 1. The zero-order valence-electron chi connectivity index (χ0n) is 22.7. The zero-order chi connectivity index (χ0) is 30.0. The number of thioether (sulfide) groups is 1. The highest BCUT2D eigenvalue weighted by Gasteiger charge is 2.52. The van der Waals surface area contributed by atoms with E-state index < -0.39 is 23.1 Å². The van der Waals surface area contributed by atoms with Crippen molar-refractivity contribution < 1.29 is 23.1 Å². The number of anilines is 2. The van der Waals surface area contributed by atoms with E-state index in [4.69, 9.17) is 9.73 Å². The molecule has 11 nitrogen and oxygen atoms in total. The Labute approximate surface area is 248 Å². The van der Waals surface area contributed by atoms with Gasteiger partial charge in [-0.1, -0.05) is 30.0 Å². The van der Waals surface area contributed by atoms with Crippen molar-refractivity contribution in [3.05, 3.63) is 102 Å². The number of benzene rings is 2. The van der Waals surface area contributed by atoms with E-state index in [9.17, 15) is 14.0 Å². The molecule has 0 aliphatic carbocycles. The average Bonchev–Trinajstić information content (AvgIpc) is 3.42. The Hall–Kier alpha value is -4.98. The molecular formula is C29H24F2N8O3S. The molecule has 218 valence electrons. The van der Waals surface area contributed by atoms with Crippen molar-refractivity contribution in [2.75, 3.05) is 36.2 Å². The minimum Gasteiger partial charge on any atom is -0.480 e. The van der Waals surface area contributed by atoms with Crippen molar-refractivity contribution in [1.29, 1.82) is 0 Å². The van der Waals surface area contributed by atoms with Crippen molar-refractivity contribution in [3.63, 3.8) is 0 Å². The van der Waals surface area contributed by atoms with Crippen LogP contribution >= 0.6 is 11.8 Å². The summed E-state index contributed by atoms with van der Waals surface area (Å²) < 4.78 is 34.3. The fourth-order valence-electron chi connectivity index (χ4n) is 5.09. The first-order chi connectivity index (χ1) is 20.8. The van der Waals surface area contributed by atoms with Crippen LogP contribution in [0.4, 0.5) is 20.4 Å². The monoisotopic (exact) mass is 602 g/mol. The number of amidine groups is 1. The highest BCUT2D eigenvalue weighted by atomic mass is 32.2. The number of aliphatic imine (C=N–C) groups is 1. The number of nitrogens with one attached hydrogen (secondary N) is 2. The van der Waals surface area contributed by atoms with Gasteiger partial charge in [-0.3, -0.25) is 9.59 Å². The smallest absolute Gasteiger partial charge is 0.275 e. The first kappa shape index (κ1) is 28.2. The summed E-state index contributed by atoms with van der Waals surface area (Å²) in [6.07, 6.45) is 4.73. The Morgan fingerprint density at radius 1 is 0.977 bits per heavy atom. The summed E-state index contributed by atoms with van der Waals surface area (Å²) in [7, 11) is 1.44. The van der Waals surface area contributed by atoms with Crippen molar-refractivity contribution in [2.24, 2.45) is 10.9 Å². The van der Waals surface area contributed by atoms with Gasteiger partial charge in [-0.25, -0.2) is 33.7 Å². The zero-order valence-corrected chi connectivity index (χ0v) is 23.5. The predicted octanol–water partition coefficient (Wildman–Crippen LogP) is 3.67. The summed E-state index contributed by atoms with van der Waals surface area (Å²) >= 11 is 1.35. The molecule has 2 aromatic carbocycles. The molecule has 6 rings (SSSR count). The number of halogens is 2. The molecule has 14 heteroatoms. The van der Waals surface area contributed by atoms with E-state index in [2.05, 4.69) is 30.6 Å². The van der Waals surface area contributed by atoms with Crippen LogP contribution in [-0.2, 0) is 5.54 Å². The Bertz CT molecular complexity index is 1690. The quantitative estimate of drug-likeness (QED) is 0.339. The van der Waals surface area contributed by atoms with Crippen LogP contribution in [0.3, 0.4) is 0 Å². The van der Waals surface area contributed by atoms with Gasteiger partial charge >= 0.3 is 0 Å². The Morgan fingerprint density at radius 2 is 1.77 bits per heavy atom. The number of amides is 2. The molecule has 4 heterocycles. The first-order valence-electron chi connectivity index (χ1n) is 13.1. The average molecular weight is 603 g/mol. The summed E-state index contributed by atoms with van der Waals surface area (Å²) in [4.78, 5) is 48.9. The fraction of sp³-hybridized carbons (Fsp3) is 0.207. The molecule has 2 aromatic heterocycles. The van der Waals surface area contributed by atoms with E-state index >= 15 is 4.39 Å². The molecule has 2 amide bonds. The van der Waals surface area contributed by atoms with Crippen molar-refractivity contribution in [3.8, 4) is 5.88 Å². The molecule has 0 saturated carbocycles. The second kappa shape index (κ2) is 11.7. The van der Waals surface area contributed by atoms with Crippen LogP contribution in [-0.4, -0.2) is 62.9 Å². The molecule has 4 aromatic rings. The van der Waals surface area contributed by atoms with Gasteiger partial charge in [0, 0.05) is 35.0 Å². The van der Waals surface area contributed by atoms with Gasteiger partial charge in [-0.15, -0.1) is 0 Å². The van der Waals surface area contributed by atoms with Crippen LogP contribution in [0.15, 0.2) is 78.3 Å². The van der Waals surface area contributed by atoms with Crippen molar-refractivity contribution in [2.45, 2.75) is 5.54 Å². The Morgan fingerprint density at radius 3 is 2.49 bits per heavy atom. The normalized spacial score (nSPS) is 19.3. The number of aromatic nitrogens is 4. The SMILES string of the molecule is COc1cnc(C(=O)Nc2ccc(F)c(C34CN(c5ncc(F)cn5)C[C@H]3CSC(NC(=O)c3ccccc3)=N4)c2)cn1. The van der Waals surface area contributed by atoms with Crippen LogP contribution in [0, 0.1) is 17.6 Å². The lowest BCUT2D eigenvalue weighted by Crippen LogP contribution is -2.43. The summed E-state index contributed by atoms with van der Waals surface area (Å²) in [6.45, 7) is 0.548. The third kappa shape index (κ3) is 5.73. The van der Waals surface area contributed by atoms with Gasteiger partial charge in [0.1, 0.15) is 17.1 Å². The molecule has 43 heavy (non-hydrogen) atoms. The number of ether oxygens (including phenoxy) is 1. The summed E-state index contributed by atoms with van der Waals surface area (Å²) in [5, 5.41) is 5.93. The highest BCUT2D eigenvalue weighted by Crippen LogP contribution is 2.47. The summed E-state index contributed by atoms with van der Waals surface area (Å²) in [5.41, 5.74) is -0.166. The molecule has 0 radical (unpaired) electrons. The van der Waals surface area contributed by atoms with Gasteiger partial charge in [-0.05, 0) is 30.3 Å². The maximum absolute atomic E-state index is 15.8. The van der Waals surface area contributed by atoms with E-state index in [1.165, 1.54) is 49.5 Å². The van der Waals surface area contributed by atoms with E-state index in [0.29, 0.717) is 28.7 Å². The van der Waals surface area contributed by atoms with Crippen molar-refractivity contribution >= 4 is 40.4 Å². The second-order valence-electron chi connectivity index (χ2n) is 9.84. The molecule has 2 aliphatic heterocycles.